The highest BCUT2D eigenvalue weighted by molar-refractivity contribution is 7.91. The number of fused-ring (bicyclic) bond motifs is 5. The Morgan fingerprint density at radius 3 is 2.04 bits per heavy atom. The number of carbonyl (C=O) groups excluding carboxylic acids is 1. The molecule has 0 saturated heterocycles. The number of carbonyl (C=O) groups is 1. The van der Waals surface area contributed by atoms with Crippen molar-refractivity contribution in [2.75, 3.05) is 11.5 Å². The molecule has 262 valence electrons. The first kappa shape index (κ1) is 37.1. The van der Waals surface area contributed by atoms with Crippen LogP contribution in [-0.2, 0) is 14.6 Å². The second-order valence-corrected chi connectivity index (χ2v) is 18.1. The summed E-state index contributed by atoms with van der Waals surface area (Å²) >= 11 is 0. The fourth-order valence-electron chi connectivity index (χ4n) is 10.4. The van der Waals surface area contributed by atoms with E-state index in [1.807, 2.05) is 0 Å². The van der Waals surface area contributed by atoms with Gasteiger partial charge in [-0.15, -0.1) is 0 Å². The van der Waals surface area contributed by atoms with Gasteiger partial charge in [0, 0.05) is 19.3 Å². The summed E-state index contributed by atoms with van der Waals surface area (Å²) < 4.78 is 86.8. The zero-order valence-corrected chi connectivity index (χ0v) is 28.3. The molecular weight excluding hydrogens is 611 g/mol. The molecule has 0 heterocycles. The third-order valence-corrected chi connectivity index (χ3v) is 14.7. The van der Waals surface area contributed by atoms with Crippen LogP contribution < -0.4 is 0 Å². The molecule has 1 N–H and O–H groups in total. The summed E-state index contributed by atoms with van der Waals surface area (Å²) in [4.78, 5) is 12.4. The van der Waals surface area contributed by atoms with E-state index in [2.05, 4.69) is 13.8 Å². The monoisotopic (exact) mass is 668 g/mol. The fourth-order valence-corrected chi connectivity index (χ4v) is 11.9. The molecule has 3 unspecified atom stereocenters. The first-order valence-electron chi connectivity index (χ1n) is 17.8. The van der Waals surface area contributed by atoms with Gasteiger partial charge in [-0.1, -0.05) is 71.6 Å². The molecule has 4 saturated carbocycles. The first-order chi connectivity index (χ1) is 21.0. The minimum Gasteiger partial charge on any atom is -0.393 e. The van der Waals surface area contributed by atoms with E-state index in [-0.39, 0.29) is 22.7 Å². The summed E-state index contributed by atoms with van der Waals surface area (Å²) in [5.41, 5.74) is 0.276. The smallest absolute Gasteiger partial charge is 0.393 e. The standard InChI is InChI=1S/C35H57F5O4S/c1-32-20-18-27(41)23-26(32)14-15-28-29-16-17-30(42)33(29,2)24-25(31(28)32)13-10-8-6-4-3-5-7-9-11-21-45(43,44)22-12-19-34(36,37)35(38,39)40/h25-26,28-31,42H,3-24H2,1-2H3/t25?,26?,28-,29-,30?,31+,32-,33-/m0/s1. The number of alkyl halides is 5. The molecule has 4 rings (SSSR count). The maximum Gasteiger partial charge on any atom is 0.453 e. The van der Waals surface area contributed by atoms with Crippen LogP contribution in [0.4, 0.5) is 22.0 Å². The van der Waals surface area contributed by atoms with E-state index in [0.717, 1.165) is 70.6 Å². The number of aliphatic hydroxyl groups excluding tert-OH is 1. The van der Waals surface area contributed by atoms with Crippen LogP contribution >= 0.6 is 0 Å². The van der Waals surface area contributed by atoms with Gasteiger partial charge < -0.3 is 5.11 Å². The van der Waals surface area contributed by atoms with Crippen molar-refractivity contribution in [1.29, 1.82) is 0 Å². The number of halogens is 5. The topological polar surface area (TPSA) is 71.4 Å². The molecule has 0 aromatic carbocycles. The SMILES string of the molecule is C[C@]12CCC(=O)CC1CC[C@@H]1[C@H]2C(CCCCCCCCCCCS(=O)(=O)CCCC(F)(F)C(F)(F)F)C[C@]2(C)C(O)CC[C@@H]12. The van der Waals surface area contributed by atoms with Gasteiger partial charge in [-0.3, -0.25) is 4.79 Å². The summed E-state index contributed by atoms with van der Waals surface area (Å²) in [6.07, 6.45) is 10.0. The molecule has 4 nitrogen and oxygen atoms in total. The van der Waals surface area contributed by atoms with E-state index in [9.17, 15) is 40.3 Å². The van der Waals surface area contributed by atoms with Crippen molar-refractivity contribution < 1.29 is 40.3 Å². The van der Waals surface area contributed by atoms with E-state index in [1.165, 1.54) is 32.1 Å². The number of aliphatic hydroxyl groups is 1. The molecule has 45 heavy (non-hydrogen) atoms. The summed E-state index contributed by atoms with van der Waals surface area (Å²) in [6, 6.07) is 0. The van der Waals surface area contributed by atoms with E-state index >= 15 is 0 Å². The van der Waals surface area contributed by atoms with Gasteiger partial charge in [-0.25, -0.2) is 8.42 Å². The molecule has 0 aromatic rings. The Morgan fingerprint density at radius 2 is 1.40 bits per heavy atom. The Morgan fingerprint density at radius 1 is 0.800 bits per heavy atom. The van der Waals surface area contributed by atoms with Gasteiger partial charge in [0.25, 0.3) is 0 Å². The van der Waals surface area contributed by atoms with Crippen LogP contribution in [0, 0.1) is 40.4 Å². The molecule has 10 heteroatoms. The van der Waals surface area contributed by atoms with Crippen LogP contribution in [0.25, 0.3) is 0 Å². The average molecular weight is 669 g/mol. The normalized spacial score (nSPS) is 35.6. The van der Waals surface area contributed by atoms with Crippen molar-refractivity contribution in [3.05, 3.63) is 0 Å². The molecule has 0 bridgehead atoms. The Kier molecular flexibility index (Phi) is 12.2. The largest absolute Gasteiger partial charge is 0.453 e. The number of rotatable bonds is 16. The van der Waals surface area contributed by atoms with Crippen LogP contribution in [0.3, 0.4) is 0 Å². The average Bonchev–Trinajstić information content (AvgIpc) is 3.24. The van der Waals surface area contributed by atoms with E-state index in [4.69, 9.17) is 0 Å². The molecule has 4 aliphatic rings. The molecule has 8 atom stereocenters. The maximum atomic E-state index is 13.0. The molecule has 4 aliphatic carbocycles. The lowest BCUT2D eigenvalue weighted by Gasteiger charge is -2.62. The summed E-state index contributed by atoms with van der Waals surface area (Å²) in [6.45, 7) is 4.85. The fraction of sp³-hybridized carbons (Fsp3) is 0.971. The van der Waals surface area contributed by atoms with Crippen LogP contribution in [0.15, 0.2) is 0 Å². The van der Waals surface area contributed by atoms with Gasteiger partial charge in [0.1, 0.15) is 15.6 Å². The van der Waals surface area contributed by atoms with Crippen molar-refractivity contribution in [2.24, 2.45) is 40.4 Å². The van der Waals surface area contributed by atoms with Gasteiger partial charge in [0.2, 0.25) is 0 Å². The van der Waals surface area contributed by atoms with Crippen molar-refractivity contribution in [2.45, 2.75) is 160 Å². The predicted octanol–water partition coefficient (Wildman–Crippen LogP) is 9.48. The molecule has 0 amide bonds. The summed E-state index contributed by atoms with van der Waals surface area (Å²) in [5.74, 6) is -2.12. The molecule has 0 radical (unpaired) electrons. The number of unbranched alkanes of at least 4 members (excludes halogenated alkanes) is 8. The second-order valence-electron chi connectivity index (χ2n) is 15.8. The third kappa shape index (κ3) is 8.64. The van der Waals surface area contributed by atoms with Crippen LogP contribution in [0.2, 0.25) is 0 Å². The number of sulfone groups is 1. The third-order valence-electron chi connectivity index (χ3n) is 12.9. The molecule has 0 spiro atoms. The minimum atomic E-state index is -5.65. The lowest BCUT2D eigenvalue weighted by Crippen LogP contribution is -2.57. The minimum absolute atomic E-state index is 0.0284. The van der Waals surface area contributed by atoms with Crippen LogP contribution in [0.1, 0.15) is 142 Å². The highest BCUT2D eigenvalue weighted by Gasteiger charge is 2.62. The van der Waals surface area contributed by atoms with Crippen molar-refractivity contribution in [1.82, 2.24) is 0 Å². The van der Waals surface area contributed by atoms with Crippen LogP contribution in [0.5, 0.6) is 0 Å². The second kappa shape index (κ2) is 14.8. The van der Waals surface area contributed by atoms with Gasteiger partial charge in [-0.2, -0.15) is 22.0 Å². The van der Waals surface area contributed by atoms with E-state index in [1.54, 1.807) is 0 Å². The van der Waals surface area contributed by atoms with Crippen molar-refractivity contribution in [3.63, 3.8) is 0 Å². The quantitative estimate of drug-likeness (QED) is 0.131. The molecule has 0 aromatic heterocycles. The Bertz CT molecular complexity index is 1090. The van der Waals surface area contributed by atoms with E-state index in [0.29, 0.717) is 48.2 Å². The Balaban J connectivity index is 1.12. The lowest BCUT2D eigenvalue weighted by atomic mass is 9.42. The van der Waals surface area contributed by atoms with E-state index < -0.39 is 40.5 Å². The summed E-state index contributed by atoms with van der Waals surface area (Å²) in [7, 11) is -3.63. The highest BCUT2D eigenvalue weighted by Crippen LogP contribution is 2.68. The van der Waals surface area contributed by atoms with Crippen molar-refractivity contribution in [3.8, 4) is 0 Å². The predicted molar refractivity (Wildman–Crippen MR) is 167 cm³/mol. The number of hydrogen-bond acceptors (Lipinski definition) is 4. The highest BCUT2D eigenvalue weighted by atomic mass is 32.2. The number of ketones is 1. The zero-order valence-electron chi connectivity index (χ0n) is 27.5. The lowest BCUT2D eigenvalue weighted by molar-refractivity contribution is -0.284. The van der Waals surface area contributed by atoms with Gasteiger partial charge in [0.05, 0.1) is 17.6 Å². The van der Waals surface area contributed by atoms with Gasteiger partial charge in [0.15, 0.2) is 0 Å². The molecule has 0 aliphatic heterocycles. The Hall–Kier alpha value is -0.770. The zero-order chi connectivity index (χ0) is 33.1. The van der Waals surface area contributed by atoms with Gasteiger partial charge in [-0.05, 0) is 91.8 Å². The molecular formula is C35H57F5O4S. The van der Waals surface area contributed by atoms with Gasteiger partial charge >= 0.3 is 12.1 Å². The Labute approximate surface area is 268 Å². The number of hydrogen-bond donors (Lipinski definition) is 1. The molecule has 4 fully saturated rings. The number of Topliss-reactive ketones (excluding diaryl/α,β-unsaturated/α-hetero) is 1. The van der Waals surface area contributed by atoms with Crippen LogP contribution in [-0.4, -0.2) is 49.0 Å². The summed E-state index contributed by atoms with van der Waals surface area (Å²) in [5, 5.41) is 11.1. The maximum absolute atomic E-state index is 13.0. The van der Waals surface area contributed by atoms with Crippen molar-refractivity contribution >= 4 is 15.6 Å². The first-order valence-corrected chi connectivity index (χ1v) is 19.7.